The maximum Gasteiger partial charge on any atom is 0.0605 e. The van der Waals surface area contributed by atoms with Gasteiger partial charge in [-0.25, -0.2) is 0 Å². The first kappa shape index (κ1) is 12.2. The minimum absolute atomic E-state index is 0.817. The van der Waals surface area contributed by atoms with Gasteiger partial charge in [0.05, 0.1) is 6.54 Å². The van der Waals surface area contributed by atoms with Crippen LogP contribution in [0.1, 0.15) is 25.8 Å². The van der Waals surface area contributed by atoms with Gasteiger partial charge in [-0.05, 0) is 30.4 Å². The molecule has 1 heteroatoms. The van der Waals surface area contributed by atoms with Crippen LogP contribution in [0.5, 0.6) is 0 Å². The van der Waals surface area contributed by atoms with Gasteiger partial charge in [-0.3, -0.25) is 4.90 Å². The highest BCUT2D eigenvalue weighted by Crippen LogP contribution is 2.20. The Morgan fingerprint density at radius 3 is 2.41 bits per heavy atom. The molecule has 0 spiro atoms. The fraction of sp³-hybridized carbons (Fsp3) is 0.500. The molecule has 1 aromatic rings. The van der Waals surface area contributed by atoms with Gasteiger partial charge < -0.3 is 0 Å². The summed E-state index contributed by atoms with van der Waals surface area (Å²) in [5.41, 5.74) is 1.12. The van der Waals surface area contributed by atoms with Crippen molar-refractivity contribution in [3.63, 3.8) is 0 Å². The van der Waals surface area contributed by atoms with Crippen LogP contribution in [0.15, 0.2) is 30.3 Å². The van der Waals surface area contributed by atoms with E-state index in [2.05, 4.69) is 42.7 Å². The maximum absolute atomic E-state index is 3.29. The van der Waals surface area contributed by atoms with Crippen LogP contribution in [0.3, 0.4) is 0 Å². The summed E-state index contributed by atoms with van der Waals surface area (Å²) >= 11 is 0. The molecule has 2 atom stereocenters. The van der Waals surface area contributed by atoms with E-state index in [1.165, 1.54) is 19.5 Å². The van der Waals surface area contributed by atoms with E-state index in [0.717, 1.165) is 23.9 Å². The quantitative estimate of drug-likeness (QED) is 0.667. The van der Waals surface area contributed by atoms with Crippen molar-refractivity contribution in [3.05, 3.63) is 35.9 Å². The Balaban J connectivity index is 1.88. The number of rotatable bonds is 1. The fourth-order valence-electron chi connectivity index (χ4n) is 2.70. The van der Waals surface area contributed by atoms with Crippen molar-refractivity contribution in [3.8, 4) is 11.8 Å². The smallest absolute Gasteiger partial charge is 0.0605 e. The molecule has 1 nitrogen and oxygen atoms in total. The van der Waals surface area contributed by atoms with Gasteiger partial charge in [0, 0.05) is 18.7 Å². The highest BCUT2D eigenvalue weighted by molar-refractivity contribution is 5.33. The summed E-state index contributed by atoms with van der Waals surface area (Å²) in [7, 11) is 0. The molecular weight excluding hydrogens is 206 g/mol. The Labute approximate surface area is 105 Å². The predicted molar refractivity (Wildman–Crippen MR) is 72.7 cm³/mol. The Bertz CT molecular complexity index is 389. The molecule has 17 heavy (non-hydrogen) atoms. The summed E-state index contributed by atoms with van der Waals surface area (Å²) in [5, 5.41) is 0. The zero-order valence-corrected chi connectivity index (χ0v) is 10.8. The number of hydrogen-bond donors (Lipinski definition) is 0. The van der Waals surface area contributed by atoms with E-state index in [1.807, 2.05) is 18.2 Å². The van der Waals surface area contributed by atoms with Gasteiger partial charge in [0.25, 0.3) is 0 Å². The Morgan fingerprint density at radius 1 is 1.12 bits per heavy atom. The lowest BCUT2D eigenvalue weighted by atomic mass is 9.92. The molecule has 0 amide bonds. The maximum atomic E-state index is 3.29. The van der Waals surface area contributed by atoms with Gasteiger partial charge in [0.1, 0.15) is 0 Å². The van der Waals surface area contributed by atoms with Crippen molar-refractivity contribution in [2.75, 3.05) is 19.6 Å². The molecule has 0 bridgehead atoms. The molecule has 0 N–H and O–H groups in total. The van der Waals surface area contributed by atoms with E-state index in [1.54, 1.807) is 0 Å². The molecule has 1 aliphatic rings. The van der Waals surface area contributed by atoms with Crippen LogP contribution in [0, 0.1) is 23.7 Å². The third-order valence-corrected chi connectivity index (χ3v) is 3.25. The zero-order chi connectivity index (χ0) is 12.1. The molecule has 1 heterocycles. The lowest BCUT2D eigenvalue weighted by Gasteiger charge is -2.33. The predicted octanol–water partition coefficient (Wildman–Crippen LogP) is 3.02. The van der Waals surface area contributed by atoms with Gasteiger partial charge in [-0.2, -0.15) is 0 Å². The summed E-state index contributed by atoms with van der Waals surface area (Å²) in [6.45, 7) is 7.99. The lowest BCUT2D eigenvalue weighted by Crippen LogP contribution is -2.38. The molecule has 1 fully saturated rings. The lowest BCUT2D eigenvalue weighted by molar-refractivity contribution is 0.157. The van der Waals surface area contributed by atoms with Crippen LogP contribution >= 0.6 is 0 Å². The largest absolute Gasteiger partial charge is 0.292 e. The van der Waals surface area contributed by atoms with E-state index < -0.39 is 0 Å². The third kappa shape index (κ3) is 3.91. The second kappa shape index (κ2) is 5.89. The Kier molecular flexibility index (Phi) is 4.23. The molecule has 0 saturated carbocycles. The normalized spacial score (nSPS) is 25.1. The second-order valence-electron chi connectivity index (χ2n) is 5.31. The number of likely N-dealkylation sites (tertiary alicyclic amines) is 1. The van der Waals surface area contributed by atoms with Crippen LogP contribution in [0.2, 0.25) is 0 Å². The van der Waals surface area contributed by atoms with Crippen LogP contribution in [-0.4, -0.2) is 24.5 Å². The van der Waals surface area contributed by atoms with Crippen molar-refractivity contribution in [2.45, 2.75) is 20.3 Å². The van der Waals surface area contributed by atoms with Crippen LogP contribution in [0.4, 0.5) is 0 Å². The van der Waals surface area contributed by atoms with Crippen molar-refractivity contribution in [1.29, 1.82) is 0 Å². The standard InChI is InChI=1S/C16H21N/c1-14-11-15(2)13-17(12-14)10-6-9-16-7-4-3-5-8-16/h3-5,7-8,14-15H,10-13H2,1-2H3/t14-,15+. The Hall–Kier alpha value is -1.26. The number of piperidine rings is 1. The molecule has 0 radical (unpaired) electrons. The van der Waals surface area contributed by atoms with Crippen LogP contribution < -0.4 is 0 Å². The van der Waals surface area contributed by atoms with E-state index in [-0.39, 0.29) is 0 Å². The SMILES string of the molecule is C[C@@H]1C[C@H](C)CN(CC#Cc2ccccc2)C1. The van der Waals surface area contributed by atoms with Crippen LogP contribution in [-0.2, 0) is 0 Å². The average Bonchev–Trinajstić information content (AvgIpc) is 2.29. The molecule has 90 valence electrons. The molecule has 1 aliphatic heterocycles. The summed E-state index contributed by atoms with van der Waals surface area (Å²) in [4.78, 5) is 2.48. The summed E-state index contributed by atoms with van der Waals surface area (Å²) < 4.78 is 0. The minimum atomic E-state index is 0.817. The van der Waals surface area contributed by atoms with Crippen molar-refractivity contribution < 1.29 is 0 Å². The summed E-state index contributed by atoms with van der Waals surface area (Å²) in [5.74, 6) is 8.15. The molecular formula is C16H21N. The van der Waals surface area contributed by atoms with Crippen LogP contribution in [0.25, 0.3) is 0 Å². The van der Waals surface area contributed by atoms with Gasteiger partial charge in [0.2, 0.25) is 0 Å². The average molecular weight is 227 g/mol. The third-order valence-electron chi connectivity index (χ3n) is 3.25. The molecule has 2 rings (SSSR count). The van der Waals surface area contributed by atoms with Crippen molar-refractivity contribution in [2.24, 2.45) is 11.8 Å². The monoisotopic (exact) mass is 227 g/mol. The van der Waals surface area contributed by atoms with Gasteiger partial charge >= 0.3 is 0 Å². The summed E-state index contributed by atoms with van der Waals surface area (Å²) in [6.07, 6.45) is 1.36. The van der Waals surface area contributed by atoms with Crippen molar-refractivity contribution >= 4 is 0 Å². The minimum Gasteiger partial charge on any atom is -0.292 e. The van der Waals surface area contributed by atoms with Crippen molar-refractivity contribution in [1.82, 2.24) is 4.90 Å². The molecule has 0 aliphatic carbocycles. The first-order valence-electron chi connectivity index (χ1n) is 6.50. The molecule has 0 unspecified atom stereocenters. The van der Waals surface area contributed by atoms with Gasteiger partial charge in [-0.15, -0.1) is 0 Å². The second-order valence-corrected chi connectivity index (χ2v) is 5.31. The van der Waals surface area contributed by atoms with E-state index in [9.17, 15) is 0 Å². The van der Waals surface area contributed by atoms with Gasteiger partial charge in [0.15, 0.2) is 0 Å². The molecule has 1 aromatic carbocycles. The summed E-state index contributed by atoms with van der Waals surface area (Å²) in [6, 6.07) is 10.2. The first-order chi connectivity index (χ1) is 8.24. The zero-order valence-electron chi connectivity index (χ0n) is 10.8. The van der Waals surface area contributed by atoms with E-state index in [0.29, 0.717) is 0 Å². The highest BCUT2D eigenvalue weighted by atomic mass is 15.1. The topological polar surface area (TPSA) is 3.24 Å². The number of nitrogens with zero attached hydrogens (tertiary/aromatic N) is 1. The molecule has 0 aromatic heterocycles. The Morgan fingerprint density at radius 2 is 1.76 bits per heavy atom. The van der Waals surface area contributed by atoms with E-state index >= 15 is 0 Å². The number of benzene rings is 1. The first-order valence-corrected chi connectivity index (χ1v) is 6.50. The highest BCUT2D eigenvalue weighted by Gasteiger charge is 2.20. The molecule has 1 saturated heterocycles. The van der Waals surface area contributed by atoms with E-state index in [4.69, 9.17) is 0 Å². The number of hydrogen-bond acceptors (Lipinski definition) is 1. The fourth-order valence-corrected chi connectivity index (χ4v) is 2.70. The van der Waals surface area contributed by atoms with Gasteiger partial charge in [-0.1, -0.05) is 43.9 Å².